The first-order valence-electron chi connectivity index (χ1n) is 10.5. The number of carbonyl (C=O) groups is 1. The quantitative estimate of drug-likeness (QED) is 0.779. The molecule has 2 atom stereocenters. The Bertz CT molecular complexity index is 793. The number of rotatable bonds is 5. The van der Waals surface area contributed by atoms with Crippen LogP contribution in [-0.4, -0.2) is 51.4 Å². The summed E-state index contributed by atoms with van der Waals surface area (Å²) in [7, 11) is -3.52. The van der Waals surface area contributed by atoms with E-state index in [0.29, 0.717) is 47.6 Å². The highest BCUT2D eigenvalue weighted by molar-refractivity contribution is 7.89. The molecule has 2 aliphatic rings. The lowest BCUT2D eigenvalue weighted by molar-refractivity contribution is -0.904. The maximum atomic E-state index is 13.0. The Morgan fingerprint density at radius 1 is 1.14 bits per heavy atom. The highest BCUT2D eigenvalue weighted by atomic mass is 32.2. The Hall–Kier alpha value is -1.44. The molecule has 156 valence electrons. The third-order valence-electron chi connectivity index (χ3n) is 5.89. The summed E-state index contributed by atoms with van der Waals surface area (Å²) in [5, 5.41) is 2.92. The van der Waals surface area contributed by atoms with Crippen molar-refractivity contribution in [3.05, 3.63) is 23.8 Å². The van der Waals surface area contributed by atoms with Crippen molar-refractivity contribution in [3.63, 3.8) is 0 Å². The lowest BCUT2D eigenvalue weighted by Gasteiger charge is -2.31. The Morgan fingerprint density at radius 3 is 2.43 bits per heavy atom. The smallest absolute Gasteiger partial charge is 0.279 e. The molecule has 0 radical (unpaired) electrons. The average molecular weight is 409 g/mol. The molecule has 1 amide bonds. The van der Waals surface area contributed by atoms with Crippen molar-refractivity contribution in [2.24, 2.45) is 11.8 Å². The first-order valence-corrected chi connectivity index (χ1v) is 11.9. The minimum absolute atomic E-state index is 0.0542. The van der Waals surface area contributed by atoms with Gasteiger partial charge in [0.1, 0.15) is 0 Å². The monoisotopic (exact) mass is 408 g/mol. The topological polar surface area (TPSA) is 70.9 Å². The number of hydrogen-bond acceptors (Lipinski definition) is 3. The lowest BCUT2D eigenvalue weighted by atomic mass is 9.92. The Morgan fingerprint density at radius 2 is 1.79 bits per heavy atom. The van der Waals surface area contributed by atoms with E-state index in [9.17, 15) is 13.2 Å². The first-order chi connectivity index (χ1) is 13.3. The lowest BCUT2D eigenvalue weighted by Crippen LogP contribution is -3.15. The zero-order chi connectivity index (χ0) is 20.3. The zero-order valence-corrected chi connectivity index (χ0v) is 18.1. The van der Waals surface area contributed by atoms with Crippen molar-refractivity contribution in [1.29, 1.82) is 0 Å². The molecule has 0 unspecified atom stereocenters. The number of quaternary nitrogens is 1. The van der Waals surface area contributed by atoms with Crippen molar-refractivity contribution in [2.75, 3.05) is 38.0 Å². The number of amides is 1. The van der Waals surface area contributed by atoms with Crippen LogP contribution >= 0.6 is 0 Å². The highest BCUT2D eigenvalue weighted by Crippen LogP contribution is 2.26. The van der Waals surface area contributed by atoms with Gasteiger partial charge >= 0.3 is 0 Å². The molecule has 0 saturated carbocycles. The molecular weight excluding hydrogens is 374 g/mol. The van der Waals surface area contributed by atoms with Crippen LogP contribution in [0.25, 0.3) is 0 Å². The van der Waals surface area contributed by atoms with Crippen LogP contribution in [0.15, 0.2) is 23.1 Å². The number of carbonyl (C=O) groups excluding carboxylic acids is 1. The van der Waals surface area contributed by atoms with E-state index in [4.69, 9.17) is 0 Å². The van der Waals surface area contributed by atoms with Crippen LogP contribution in [-0.2, 0) is 14.8 Å². The SMILES string of the molecule is Cc1ccc(NC(=O)C[NH+]2C[C@H](C)C[C@@H](C)C2)cc1S(=O)(=O)N1CCCCC1. The molecule has 1 aromatic carbocycles. The Kier molecular flexibility index (Phi) is 6.78. The van der Waals surface area contributed by atoms with Crippen molar-refractivity contribution >= 4 is 21.6 Å². The van der Waals surface area contributed by atoms with Gasteiger partial charge in [0.2, 0.25) is 10.0 Å². The minimum atomic E-state index is -3.52. The standard InChI is InChI=1S/C21H33N3O3S/c1-16-11-17(2)14-23(13-16)15-21(25)22-19-8-7-18(3)20(12-19)28(26,27)24-9-5-4-6-10-24/h7-8,12,16-17H,4-6,9-11,13-15H2,1-3H3,(H,22,25)/p+1/t16-,17-/m1/s1. The number of aryl methyl sites for hydroxylation is 1. The largest absolute Gasteiger partial charge is 0.327 e. The molecule has 0 bridgehead atoms. The maximum absolute atomic E-state index is 13.0. The van der Waals surface area contributed by atoms with Gasteiger partial charge < -0.3 is 10.2 Å². The number of piperidine rings is 2. The predicted molar refractivity (Wildman–Crippen MR) is 111 cm³/mol. The molecule has 7 heteroatoms. The molecular formula is C21H34N3O3S+. The van der Waals surface area contributed by atoms with Crippen LogP contribution in [0.3, 0.4) is 0 Å². The van der Waals surface area contributed by atoms with Crippen LogP contribution in [0.1, 0.15) is 45.1 Å². The van der Waals surface area contributed by atoms with Gasteiger partial charge in [0.25, 0.3) is 5.91 Å². The Labute approximate surface area is 169 Å². The van der Waals surface area contributed by atoms with Crippen LogP contribution < -0.4 is 10.2 Å². The van der Waals surface area contributed by atoms with Gasteiger partial charge in [-0.1, -0.05) is 26.3 Å². The van der Waals surface area contributed by atoms with E-state index in [1.54, 1.807) is 22.5 Å². The second kappa shape index (κ2) is 8.93. The van der Waals surface area contributed by atoms with Gasteiger partial charge in [0.05, 0.1) is 18.0 Å². The van der Waals surface area contributed by atoms with Gasteiger partial charge in [-0.25, -0.2) is 8.42 Å². The maximum Gasteiger partial charge on any atom is 0.279 e. The summed E-state index contributed by atoms with van der Waals surface area (Å²) < 4.78 is 27.7. The van der Waals surface area contributed by atoms with Crippen molar-refractivity contribution < 1.29 is 18.1 Å². The van der Waals surface area contributed by atoms with E-state index in [-0.39, 0.29) is 5.91 Å². The minimum Gasteiger partial charge on any atom is -0.327 e. The van der Waals surface area contributed by atoms with Crippen molar-refractivity contribution in [1.82, 2.24) is 4.31 Å². The summed E-state index contributed by atoms with van der Waals surface area (Å²) in [6.07, 6.45) is 4.12. The molecule has 2 saturated heterocycles. The van der Waals surface area contributed by atoms with Gasteiger partial charge in [-0.3, -0.25) is 4.79 Å². The summed E-state index contributed by atoms with van der Waals surface area (Å²) in [6, 6.07) is 5.19. The van der Waals surface area contributed by atoms with Gasteiger partial charge in [0.15, 0.2) is 6.54 Å². The molecule has 2 fully saturated rings. The summed E-state index contributed by atoms with van der Waals surface area (Å²) in [5.74, 6) is 1.21. The molecule has 3 rings (SSSR count). The molecule has 2 aliphatic heterocycles. The van der Waals surface area contributed by atoms with Gasteiger partial charge in [-0.05, 0) is 43.9 Å². The summed E-state index contributed by atoms with van der Waals surface area (Å²) in [6.45, 7) is 9.90. The summed E-state index contributed by atoms with van der Waals surface area (Å²) >= 11 is 0. The molecule has 6 nitrogen and oxygen atoms in total. The normalized spacial score (nSPS) is 26.8. The van der Waals surface area contributed by atoms with Crippen LogP contribution in [0, 0.1) is 18.8 Å². The molecule has 0 aromatic heterocycles. The van der Waals surface area contributed by atoms with Crippen LogP contribution in [0.2, 0.25) is 0 Å². The first kappa shape index (κ1) is 21.3. The fourth-order valence-electron chi connectivity index (χ4n) is 4.70. The highest BCUT2D eigenvalue weighted by Gasteiger charge is 2.29. The molecule has 2 heterocycles. The second-order valence-corrected chi connectivity index (χ2v) is 10.7. The summed E-state index contributed by atoms with van der Waals surface area (Å²) in [4.78, 5) is 14.2. The van der Waals surface area contributed by atoms with E-state index in [2.05, 4.69) is 19.2 Å². The molecule has 28 heavy (non-hydrogen) atoms. The number of anilines is 1. The second-order valence-electron chi connectivity index (χ2n) is 8.77. The van der Waals surface area contributed by atoms with E-state index in [1.807, 2.05) is 6.92 Å². The van der Waals surface area contributed by atoms with E-state index < -0.39 is 10.0 Å². The van der Waals surface area contributed by atoms with E-state index in [0.717, 1.165) is 32.4 Å². The van der Waals surface area contributed by atoms with E-state index in [1.165, 1.54) is 11.3 Å². The number of nitrogens with one attached hydrogen (secondary N) is 2. The molecule has 1 aromatic rings. The van der Waals surface area contributed by atoms with Gasteiger partial charge in [0, 0.05) is 30.6 Å². The van der Waals surface area contributed by atoms with Crippen LogP contribution in [0.4, 0.5) is 5.69 Å². The van der Waals surface area contributed by atoms with E-state index >= 15 is 0 Å². The number of nitrogens with zero attached hydrogens (tertiary/aromatic N) is 1. The number of likely N-dealkylation sites (tertiary alicyclic amines) is 1. The average Bonchev–Trinajstić information content (AvgIpc) is 2.63. The third-order valence-corrected chi connectivity index (χ3v) is 7.93. The number of sulfonamides is 1. The molecule has 0 spiro atoms. The predicted octanol–water partition coefficient (Wildman–Crippen LogP) is 1.67. The fraction of sp³-hybridized carbons (Fsp3) is 0.667. The van der Waals surface area contributed by atoms with Gasteiger partial charge in [-0.2, -0.15) is 4.31 Å². The van der Waals surface area contributed by atoms with Gasteiger partial charge in [-0.15, -0.1) is 0 Å². The zero-order valence-electron chi connectivity index (χ0n) is 17.3. The number of hydrogen-bond donors (Lipinski definition) is 2. The van der Waals surface area contributed by atoms with Crippen LogP contribution in [0.5, 0.6) is 0 Å². The molecule has 0 aliphatic carbocycles. The fourth-order valence-corrected chi connectivity index (χ4v) is 6.47. The third kappa shape index (κ3) is 5.13. The Balaban J connectivity index is 1.69. The summed E-state index contributed by atoms with van der Waals surface area (Å²) in [5.41, 5.74) is 1.27. The molecule has 2 N–H and O–H groups in total. The number of benzene rings is 1. The van der Waals surface area contributed by atoms with Crippen molar-refractivity contribution in [3.8, 4) is 0 Å². The van der Waals surface area contributed by atoms with Crippen molar-refractivity contribution in [2.45, 2.75) is 51.3 Å².